The average molecular weight is 234 g/mol. The van der Waals surface area contributed by atoms with Gasteiger partial charge in [-0.25, -0.2) is 0 Å². The van der Waals surface area contributed by atoms with Crippen LogP contribution in [-0.4, -0.2) is 24.7 Å². The number of rotatable bonds is 5. The normalized spacial score (nSPS) is 22.2. The molecule has 0 spiro atoms. The highest BCUT2D eigenvalue weighted by molar-refractivity contribution is 5.29. The summed E-state index contributed by atoms with van der Waals surface area (Å²) in [6, 6.07) is 4.39. The number of nitrogens with two attached hydrogens (primary N) is 1. The first kappa shape index (κ1) is 12.5. The molecule has 0 radical (unpaired) electrons. The van der Waals surface area contributed by atoms with Crippen molar-refractivity contribution in [2.75, 3.05) is 13.7 Å². The van der Waals surface area contributed by atoms with Crippen molar-refractivity contribution in [2.24, 2.45) is 11.7 Å². The second kappa shape index (κ2) is 5.61. The van der Waals surface area contributed by atoms with Crippen LogP contribution in [-0.2, 0) is 11.2 Å². The standard InChI is InChI=1S/C14H22N2O/c1-10(9-17-2)8-13(15)12-6-5-11-4-3-7-16-14(11)12/h3-4,7,10,12-13H,5-6,8-9,15H2,1-2H3. The Balaban J connectivity index is 2.00. The van der Waals surface area contributed by atoms with Gasteiger partial charge in [-0.2, -0.15) is 0 Å². The van der Waals surface area contributed by atoms with Gasteiger partial charge in [0.2, 0.25) is 0 Å². The Kier molecular flexibility index (Phi) is 4.13. The quantitative estimate of drug-likeness (QED) is 0.849. The van der Waals surface area contributed by atoms with Crippen molar-refractivity contribution < 1.29 is 4.74 Å². The zero-order valence-electron chi connectivity index (χ0n) is 10.7. The van der Waals surface area contributed by atoms with E-state index in [0.717, 1.165) is 25.9 Å². The van der Waals surface area contributed by atoms with Gasteiger partial charge in [0.15, 0.2) is 0 Å². The van der Waals surface area contributed by atoms with E-state index in [4.69, 9.17) is 10.5 Å². The van der Waals surface area contributed by atoms with Gasteiger partial charge in [-0.3, -0.25) is 4.98 Å². The van der Waals surface area contributed by atoms with Crippen LogP contribution in [0.3, 0.4) is 0 Å². The molecule has 1 heterocycles. The Labute approximate surface area is 103 Å². The Morgan fingerprint density at radius 3 is 3.18 bits per heavy atom. The van der Waals surface area contributed by atoms with Crippen LogP contribution in [0.1, 0.15) is 36.9 Å². The number of ether oxygens (including phenoxy) is 1. The van der Waals surface area contributed by atoms with E-state index >= 15 is 0 Å². The number of aryl methyl sites for hydroxylation is 1. The molecule has 0 fully saturated rings. The van der Waals surface area contributed by atoms with E-state index in [9.17, 15) is 0 Å². The number of fused-ring (bicyclic) bond motifs is 1. The molecule has 1 aromatic rings. The summed E-state index contributed by atoms with van der Waals surface area (Å²) in [6.07, 6.45) is 5.16. The number of hydrogen-bond donors (Lipinski definition) is 1. The fraction of sp³-hybridized carbons (Fsp3) is 0.643. The molecule has 17 heavy (non-hydrogen) atoms. The molecule has 3 heteroatoms. The Morgan fingerprint density at radius 1 is 1.59 bits per heavy atom. The summed E-state index contributed by atoms with van der Waals surface area (Å²) in [6.45, 7) is 2.98. The fourth-order valence-electron chi connectivity index (χ4n) is 2.84. The summed E-state index contributed by atoms with van der Waals surface area (Å²) >= 11 is 0. The first-order chi connectivity index (χ1) is 8.22. The molecule has 2 rings (SSSR count). The zero-order valence-corrected chi connectivity index (χ0v) is 10.7. The van der Waals surface area contributed by atoms with Crippen LogP contribution >= 0.6 is 0 Å². The minimum Gasteiger partial charge on any atom is -0.384 e. The van der Waals surface area contributed by atoms with Gasteiger partial charge in [0.05, 0.1) is 0 Å². The van der Waals surface area contributed by atoms with Crippen molar-refractivity contribution in [1.82, 2.24) is 4.98 Å². The Bertz CT molecular complexity index is 367. The minimum absolute atomic E-state index is 0.205. The smallest absolute Gasteiger partial charge is 0.0488 e. The van der Waals surface area contributed by atoms with Gasteiger partial charge in [-0.15, -0.1) is 0 Å². The molecule has 94 valence electrons. The van der Waals surface area contributed by atoms with E-state index in [1.54, 1.807) is 7.11 Å². The SMILES string of the molecule is COCC(C)CC(N)C1CCc2cccnc21. The van der Waals surface area contributed by atoms with E-state index < -0.39 is 0 Å². The zero-order chi connectivity index (χ0) is 12.3. The number of methoxy groups -OCH3 is 1. The summed E-state index contributed by atoms with van der Waals surface area (Å²) < 4.78 is 5.17. The molecule has 3 nitrogen and oxygen atoms in total. The number of pyridine rings is 1. The van der Waals surface area contributed by atoms with Crippen LogP contribution < -0.4 is 5.73 Å². The first-order valence-corrected chi connectivity index (χ1v) is 6.40. The maximum Gasteiger partial charge on any atom is 0.0488 e. The average Bonchev–Trinajstić information content (AvgIpc) is 2.72. The highest BCUT2D eigenvalue weighted by Gasteiger charge is 2.29. The molecule has 0 aliphatic heterocycles. The lowest BCUT2D eigenvalue weighted by molar-refractivity contribution is 0.150. The van der Waals surface area contributed by atoms with Gasteiger partial charge >= 0.3 is 0 Å². The third-order valence-electron chi connectivity index (χ3n) is 3.64. The third kappa shape index (κ3) is 2.85. The number of hydrogen-bond acceptors (Lipinski definition) is 3. The second-order valence-electron chi connectivity index (χ2n) is 5.15. The summed E-state index contributed by atoms with van der Waals surface area (Å²) in [5.41, 5.74) is 8.94. The molecular formula is C14H22N2O. The highest BCUT2D eigenvalue weighted by atomic mass is 16.5. The van der Waals surface area contributed by atoms with Gasteiger partial charge in [-0.1, -0.05) is 13.0 Å². The summed E-state index contributed by atoms with van der Waals surface area (Å²) in [4.78, 5) is 4.50. The van der Waals surface area contributed by atoms with Gasteiger partial charge in [0.1, 0.15) is 0 Å². The monoisotopic (exact) mass is 234 g/mol. The van der Waals surface area contributed by atoms with Crippen LogP contribution in [0.2, 0.25) is 0 Å². The molecule has 3 atom stereocenters. The second-order valence-corrected chi connectivity index (χ2v) is 5.15. The van der Waals surface area contributed by atoms with Gasteiger partial charge in [-0.05, 0) is 36.8 Å². The Morgan fingerprint density at radius 2 is 2.41 bits per heavy atom. The lowest BCUT2D eigenvalue weighted by Gasteiger charge is -2.22. The molecule has 3 unspecified atom stereocenters. The lowest BCUT2D eigenvalue weighted by atomic mass is 9.90. The number of nitrogens with zero attached hydrogens (tertiary/aromatic N) is 1. The van der Waals surface area contributed by atoms with E-state index in [1.165, 1.54) is 11.3 Å². The van der Waals surface area contributed by atoms with Crippen molar-refractivity contribution in [2.45, 2.75) is 38.1 Å². The highest BCUT2D eigenvalue weighted by Crippen LogP contribution is 2.34. The molecule has 2 N–H and O–H groups in total. The molecule has 0 aromatic carbocycles. The summed E-state index contributed by atoms with van der Waals surface area (Å²) in [5, 5.41) is 0. The van der Waals surface area contributed by atoms with E-state index in [2.05, 4.69) is 18.0 Å². The van der Waals surface area contributed by atoms with Crippen molar-refractivity contribution in [1.29, 1.82) is 0 Å². The van der Waals surface area contributed by atoms with Gasteiger partial charge < -0.3 is 10.5 Å². The van der Waals surface area contributed by atoms with E-state index in [-0.39, 0.29) is 6.04 Å². The molecule has 0 bridgehead atoms. The van der Waals surface area contributed by atoms with Gasteiger partial charge in [0, 0.05) is 37.6 Å². The number of aromatic nitrogens is 1. The molecule has 0 saturated carbocycles. The van der Waals surface area contributed by atoms with Crippen molar-refractivity contribution in [3.05, 3.63) is 29.6 Å². The topological polar surface area (TPSA) is 48.1 Å². The van der Waals surface area contributed by atoms with Crippen LogP contribution in [0.5, 0.6) is 0 Å². The van der Waals surface area contributed by atoms with E-state index in [0.29, 0.717) is 11.8 Å². The predicted octanol–water partition coefficient (Wildman–Crippen LogP) is 2.11. The molecule has 1 aromatic heterocycles. The maximum absolute atomic E-state index is 6.33. The summed E-state index contributed by atoms with van der Waals surface area (Å²) in [7, 11) is 1.74. The fourth-order valence-corrected chi connectivity index (χ4v) is 2.84. The van der Waals surface area contributed by atoms with Crippen molar-refractivity contribution in [3.8, 4) is 0 Å². The van der Waals surface area contributed by atoms with Crippen LogP contribution in [0, 0.1) is 5.92 Å². The first-order valence-electron chi connectivity index (χ1n) is 6.40. The molecule has 0 saturated heterocycles. The van der Waals surface area contributed by atoms with Crippen molar-refractivity contribution in [3.63, 3.8) is 0 Å². The lowest BCUT2D eigenvalue weighted by Crippen LogP contribution is -2.30. The molecule has 0 amide bonds. The van der Waals surface area contributed by atoms with E-state index in [1.807, 2.05) is 12.3 Å². The van der Waals surface area contributed by atoms with Gasteiger partial charge in [0.25, 0.3) is 0 Å². The minimum atomic E-state index is 0.205. The molecule has 1 aliphatic rings. The van der Waals surface area contributed by atoms with Crippen LogP contribution in [0.4, 0.5) is 0 Å². The molecule has 1 aliphatic carbocycles. The van der Waals surface area contributed by atoms with Crippen molar-refractivity contribution >= 4 is 0 Å². The maximum atomic E-state index is 6.33. The third-order valence-corrected chi connectivity index (χ3v) is 3.64. The largest absolute Gasteiger partial charge is 0.384 e. The predicted molar refractivity (Wildman–Crippen MR) is 68.9 cm³/mol. The summed E-state index contributed by atoms with van der Waals surface area (Å²) in [5.74, 6) is 0.952. The molecular weight excluding hydrogens is 212 g/mol. The van der Waals surface area contributed by atoms with Crippen LogP contribution in [0.15, 0.2) is 18.3 Å². The Hall–Kier alpha value is -0.930. The van der Waals surface area contributed by atoms with Crippen LogP contribution in [0.25, 0.3) is 0 Å².